The molecule has 0 aliphatic carbocycles. The van der Waals surface area contributed by atoms with E-state index < -0.39 is 0 Å². The van der Waals surface area contributed by atoms with Crippen molar-refractivity contribution in [3.8, 4) is 0 Å². The molecular formula is C4H10N6. The number of rotatable bonds is 0. The summed E-state index contributed by atoms with van der Waals surface area (Å²) in [4.78, 5) is 0. The van der Waals surface area contributed by atoms with Gasteiger partial charge in [0.1, 0.15) is 11.7 Å². The van der Waals surface area contributed by atoms with Gasteiger partial charge in [-0.1, -0.05) is 0 Å². The first-order valence-corrected chi connectivity index (χ1v) is 2.93. The van der Waals surface area contributed by atoms with Crippen LogP contribution in [0.15, 0.2) is 10.2 Å². The van der Waals surface area contributed by atoms with Gasteiger partial charge in [0.25, 0.3) is 0 Å². The third-order valence-corrected chi connectivity index (χ3v) is 1.22. The Morgan fingerprint density at radius 1 is 1.00 bits per heavy atom. The second-order valence-corrected chi connectivity index (χ2v) is 1.88. The van der Waals surface area contributed by atoms with Gasteiger partial charge in [-0.25, -0.2) is 11.7 Å². The second kappa shape index (κ2) is 3.14. The predicted molar refractivity (Wildman–Crippen MR) is 38.8 cm³/mol. The first-order chi connectivity index (χ1) is 4.86. The minimum atomic E-state index is 0.680. The van der Waals surface area contributed by atoms with E-state index in [1.807, 2.05) is 0 Å². The Bertz CT molecular complexity index is 151. The van der Waals surface area contributed by atoms with Gasteiger partial charge in [-0.15, -0.1) is 10.2 Å². The number of nitrogens with zero attached hydrogens (tertiary/aromatic N) is 2. The zero-order valence-electron chi connectivity index (χ0n) is 5.46. The molecule has 56 valence electrons. The van der Waals surface area contributed by atoms with Crippen molar-refractivity contribution in [3.63, 3.8) is 0 Å². The summed E-state index contributed by atoms with van der Waals surface area (Å²) in [5, 5.41) is 7.45. The maximum Gasteiger partial charge on any atom is 0.139 e. The number of hydrogen-bond donors (Lipinski definition) is 4. The van der Waals surface area contributed by atoms with Crippen LogP contribution in [0.25, 0.3) is 0 Å². The third-order valence-electron chi connectivity index (χ3n) is 1.22. The van der Waals surface area contributed by atoms with Crippen LogP contribution in [-0.2, 0) is 0 Å². The van der Waals surface area contributed by atoms with E-state index >= 15 is 0 Å². The van der Waals surface area contributed by atoms with E-state index in [0.717, 1.165) is 12.8 Å². The lowest BCUT2D eigenvalue weighted by atomic mass is 10.2. The standard InChI is InChI=1S/C4H10N6/c5-7-3-1-2-4(8-6)10-9-3/h1-2,5-6H2,(H,7,9)(H,8,10). The van der Waals surface area contributed by atoms with Crippen LogP contribution >= 0.6 is 0 Å². The number of amidine groups is 2. The van der Waals surface area contributed by atoms with Crippen molar-refractivity contribution in [2.24, 2.45) is 21.9 Å². The van der Waals surface area contributed by atoms with E-state index in [2.05, 4.69) is 21.1 Å². The van der Waals surface area contributed by atoms with Gasteiger partial charge in [-0.2, -0.15) is 0 Å². The van der Waals surface area contributed by atoms with Gasteiger partial charge in [0.15, 0.2) is 0 Å². The highest BCUT2D eigenvalue weighted by Crippen LogP contribution is 1.98. The molecule has 6 heteroatoms. The predicted octanol–water partition coefficient (Wildman–Crippen LogP) is -1.58. The van der Waals surface area contributed by atoms with Gasteiger partial charge in [0.2, 0.25) is 0 Å². The van der Waals surface area contributed by atoms with Gasteiger partial charge in [-0.05, 0) is 0 Å². The van der Waals surface area contributed by atoms with E-state index in [9.17, 15) is 0 Å². The summed E-state index contributed by atoms with van der Waals surface area (Å²) < 4.78 is 0. The molecule has 0 atom stereocenters. The van der Waals surface area contributed by atoms with Crippen molar-refractivity contribution in [1.29, 1.82) is 0 Å². The van der Waals surface area contributed by atoms with E-state index in [4.69, 9.17) is 11.7 Å². The highest BCUT2D eigenvalue weighted by molar-refractivity contribution is 5.92. The van der Waals surface area contributed by atoms with E-state index in [-0.39, 0.29) is 0 Å². The van der Waals surface area contributed by atoms with Gasteiger partial charge in [0, 0.05) is 12.8 Å². The fraction of sp³-hybridized carbons (Fsp3) is 0.500. The topological polar surface area (TPSA) is 101 Å². The zero-order chi connectivity index (χ0) is 7.40. The lowest BCUT2D eigenvalue weighted by Gasteiger charge is -2.09. The molecule has 0 aromatic rings. The molecule has 1 aliphatic rings. The molecule has 0 aromatic heterocycles. The molecule has 0 fully saturated rings. The van der Waals surface area contributed by atoms with Crippen LogP contribution in [0.3, 0.4) is 0 Å². The molecule has 1 aliphatic heterocycles. The summed E-state index contributed by atoms with van der Waals surface area (Å²) in [6, 6.07) is 0. The van der Waals surface area contributed by atoms with Gasteiger partial charge in [0.05, 0.1) is 0 Å². The van der Waals surface area contributed by atoms with E-state index in [1.165, 1.54) is 0 Å². The Morgan fingerprint density at radius 2 is 1.40 bits per heavy atom. The molecule has 10 heavy (non-hydrogen) atoms. The molecule has 0 spiro atoms. The van der Waals surface area contributed by atoms with Gasteiger partial charge < -0.3 is 10.9 Å². The van der Waals surface area contributed by atoms with Crippen LogP contribution < -0.4 is 22.5 Å². The molecule has 6 N–H and O–H groups in total. The minimum Gasteiger partial charge on any atom is -0.310 e. The van der Waals surface area contributed by atoms with E-state index in [0.29, 0.717) is 11.7 Å². The number of nitrogens with two attached hydrogens (primary N) is 2. The summed E-state index contributed by atoms with van der Waals surface area (Å²) in [7, 11) is 0. The van der Waals surface area contributed by atoms with Gasteiger partial charge in [-0.3, -0.25) is 0 Å². The third kappa shape index (κ3) is 1.42. The van der Waals surface area contributed by atoms with Crippen LogP contribution in [0.5, 0.6) is 0 Å². The lowest BCUT2D eigenvalue weighted by molar-refractivity contribution is 0.866. The molecule has 6 nitrogen and oxygen atoms in total. The van der Waals surface area contributed by atoms with Crippen LogP contribution in [0.2, 0.25) is 0 Å². The molecule has 0 radical (unpaired) electrons. The van der Waals surface area contributed by atoms with Crippen molar-refractivity contribution in [2.75, 3.05) is 0 Å². The largest absolute Gasteiger partial charge is 0.310 e. The number of hydrazine groups is 2. The smallest absolute Gasteiger partial charge is 0.139 e. The van der Waals surface area contributed by atoms with Gasteiger partial charge >= 0.3 is 0 Å². The highest BCUT2D eigenvalue weighted by Gasteiger charge is 2.05. The molecule has 1 heterocycles. The van der Waals surface area contributed by atoms with Crippen LogP contribution in [0.1, 0.15) is 12.8 Å². The highest BCUT2D eigenvalue weighted by atomic mass is 15.4. The van der Waals surface area contributed by atoms with Crippen molar-refractivity contribution in [3.05, 3.63) is 0 Å². The van der Waals surface area contributed by atoms with Crippen LogP contribution in [0, 0.1) is 0 Å². The lowest BCUT2D eigenvalue weighted by Crippen LogP contribution is -2.36. The van der Waals surface area contributed by atoms with Crippen molar-refractivity contribution in [1.82, 2.24) is 10.9 Å². The average molecular weight is 142 g/mol. The Morgan fingerprint density at radius 3 is 1.60 bits per heavy atom. The second-order valence-electron chi connectivity index (χ2n) is 1.88. The maximum atomic E-state index is 5.09. The first kappa shape index (κ1) is 6.97. The Kier molecular flexibility index (Phi) is 2.19. The molecule has 0 aromatic carbocycles. The zero-order valence-corrected chi connectivity index (χ0v) is 5.46. The van der Waals surface area contributed by atoms with Crippen molar-refractivity contribution >= 4 is 11.7 Å². The summed E-state index contributed by atoms with van der Waals surface area (Å²) >= 11 is 0. The molecule has 0 amide bonds. The summed E-state index contributed by atoms with van der Waals surface area (Å²) in [6.45, 7) is 0. The first-order valence-electron chi connectivity index (χ1n) is 2.93. The number of hydrogen-bond acceptors (Lipinski definition) is 6. The van der Waals surface area contributed by atoms with Crippen LogP contribution in [-0.4, -0.2) is 11.7 Å². The molecular weight excluding hydrogens is 132 g/mol. The summed E-state index contributed by atoms with van der Waals surface area (Å²) in [6.07, 6.45) is 1.50. The normalized spacial score (nSPS) is 17.4. The van der Waals surface area contributed by atoms with Crippen molar-refractivity contribution in [2.45, 2.75) is 12.8 Å². The molecule has 1 rings (SSSR count). The SMILES string of the molecule is NNC1=NN=C(NN)CC1. The monoisotopic (exact) mass is 142 g/mol. The quantitative estimate of drug-likeness (QED) is 0.242. The Labute approximate surface area is 58.3 Å². The Hall–Kier alpha value is -1.14. The number of nitrogens with one attached hydrogen (secondary N) is 2. The maximum absolute atomic E-state index is 5.09. The Balaban J connectivity index is 2.55. The average Bonchev–Trinajstić information content (AvgIpc) is 2.05. The fourth-order valence-electron chi connectivity index (χ4n) is 0.660. The van der Waals surface area contributed by atoms with E-state index in [1.54, 1.807) is 0 Å². The van der Waals surface area contributed by atoms with Crippen molar-refractivity contribution < 1.29 is 0 Å². The molecule has 0 unspecified atom stereocenters. The summed E-state index contributed by atoms with van der Waals surface area (Å²) in [5.41, 5.74) is 4.85. The van der Waals surface area contributed by atoms with Crippen LogP contribution in [0.4, 0.5) is 0 Å². The molecule has 0 saturated carbocycles. The minimum absolute atomic E-state index is 0.680. The fourth-order valence-corrected chi connectivity index (χ4v) is 0.660. The summed E-state index contributed by atoms with van der Waals surface area (Å²) in [5.74, 6) is 11.5. The molecule has 0 saturated heterocycles. The molecule has 0 bridgehead atoms.